The van der Waals surface area contributed by atoms with E-state index < -0.39 is 0 Å². The molecule has 0 spiro atoms. The van der Waals surface area contributed by atoms with E-state index in [1.807, 2.05) is 36.4 Å². The Bertz CT molecular complexity index is 1100. The van der Waals surface area contributed by atoms with Crippen LogP contribution in [-0.2, 0) is 11.2 Å². The average molecular weight is 421 g/mol. The van der Waals surface area contributed by atoms with Gasteiger partial charge in [-0.1, -0.05) is 37.6 Å². The van der Waals surface area contributed by atoms with Crippen LogP contribution in [0.2, 0.25) is 0 Å². The van der Waals surface area contributed by atoms with Crippen LogP contribution in [0.3, 0.4) is 0 Å². The summed E-state index contributed by atoms with van der Waals surface area (Å²) in [6.07, 6.45) is 4.35. The van der Waals surface area contributed by atoms with Gasteiger partial charge in [0.2, 0.25) is 11.9 Å². The van der Waals surface area contributed by atoms with Gasteiger partial charge in [-0.05, 0) is 49.1 Å². The van der Waals surface area contributed by atoms with Gasteiger partial charge in [0.15, 0.2) is 0 Å². The monoisotopic (exact) mass is 420 g/mol. The second-order valence-corrected chi connectivity index (χ2v) is 7.82. The fraction of sp³-hybridized carbons (Fsp3) is 0.375. The first-order chi connectivity index (χ1) is 15.2. The second kappa shape index (κ2) is 9.64. The molecule has 2 heterocycles. The molecule has 7 heteroatoms. The molecule has 2 aromatic carbocycles. The van der Waals surface area contributed by atoms with Crippen LogP contribution in [0.4, 0.5) is 5.95 Å². The first-order valence-corrected chi connectivity index (χ1v) is 10.9. The van der Waals surface area contributed by atoms with E-state index in [4.69, 9.17) is 4.74 Å². The standard InChI is InChI=1S/C24H28N4O3/c1-2-3-16-31-19-12-10-18(11-13-19)17-22(29)26-28-23(30)20-8-4-5-9-21(20)25-24(28)27-14-6-7-15-27/h4-5,8-13H,2-3,6-7,14-17H2,1H3,(H,26,29). The Hall–Kier alpha value is -3.35. The van der Waals surface area contributed by atoms with E-state index in [1.54, 1.807) is 12.1 Å². The van der Waals surface area contributed by atoms with Crippen molar-refractivity contribution in [3.63, 3.8) is 0 Å². The first-order valence-electron chi connectivity index (χ1n) is 10.9. The fourth-order valence-corrected chi connectivity index (χ4v) is 3.74. The summed E-state index contributed by atoms with van der Waals surface area (Å²) in [4.78, 5) is 32.6. The van der Waals surface area contributed by atoms with E-state index in [2.05, 4.69) is 22.2 Å². The fourth-order valence-electron chi connectivity index (χ4n) is 3.74. The number of carbonyl (C=O) groups excluding carboxylic acids is 1. The van der Waals surface area contributed by atoms with Gasteiger partial charge in [0, 0.05) is 13.1 Å². The number of rotatable bonds is 8. The molecule has 1 aliphatic heterocycles. The van der Waals surface area contributed by atoms with E-state index in [0.717, 1.165) is 50.1 Å². The molecule has 1 saturated heterocycles. The van der Waals surface area contributed by atoms with E-state index in [1.165, 1.54) is 4.68 Å². The summed E-state index contributed by atoms with van der Waals surface area (Å²) in [6.45, 7) is 4.45. The maximum absolute atomic E-state index is 13.1. The SMILES string of the molecule is CCCCOc1ccc(CC(=O)Nn2c(N3CCCC3)nc3ccccc3c2=O)cc1. The molecule has 4 rings (SSSR count). The van der Waals surface area contributed by atoms with Crippen LogP contribution in [0.25, 0.3) is 10.9 Å². The number of ether oxygens (including phenoxy) is 1. The van der Waals surface area contributed by atoms with Gasteiger partial charge in [-0.15, -0.1) is 0 Å². The molecular weight excluding hydrogens is 392 g/mol. The van der Waals surface area contributed by atoms with Gasteiger partial charge in [-0.2, -0.15) is 4.68 Å². The molecule has 162 valence electrons. The molecular formula is C24H28N4O3. The highest BCUT2D eigenvalue weighted by Crippen LogP contribution is 2.19. The summed E-state index contributed by atoms with van der Waals surface area (Å²) in [5, 5.41) is 0.485. The van der Waals surface area contributed by atoms with Gasteiger partial charge in [-0.25, -0.2) is 4.98 Å². The Morgan fingerprint density at radius 3 is 2.58 bits per heavy atom. The van der Waals surface area contributed by atoms with Crippen LogP contribution in [0.15, 0.2) is 53.3 Å². The number of fused-ring (bicyclic) bond motifs is 1. The number of anilines is 1. The number of hydrogen-bond donors (Lipinski definition) is 1. The molecule has 7 nitrogen and oxygen atoms in total. The summed E-state index contributed by atoms with van der Waals surface area (Å²) in [5.74, 6) is 1.03. The Labute approximate surface area is 181 Å². The highest BCUT2D eigenvalue weighted by Gasteiger charge is 2.21. The summed E-state index contributed by atoms with van der Waals surface area (Å²) in [6, 6.07) is 14.7. The van der Waals surface area contributed by atoms with Crippen LogP contribution in [-0.4, -0.2) is 35.3 Å². The van der Waals surface area contributed by atoms with E-state index in [-0.39, 0.29) is 17.9 Å². The number of nitrogens with one attached hydrogen (secondary N) is 1. The summed E-state index contributed by atoms with van der Waals surface area (Å²) < 4.78 is 6.98. The van der Waals surface area contributed by atoms with Gasteiger partial charge < -0.3 is 9.64 Å². The number of unbranched alkanes of at least 4 members (excludes halogenated alkanes) is 1. The molecule has 31 heavy (non-hydrogen) atoms. The van der Waals surface area contributed by atoms with E-state index in [0.29, 0.717) is 23.5 Å². The largest absolute Gasteiger partial charge is 0.494 e. The lowest BCUT2D eigenvalue weighted by molar-refractivity contribution is -0.116. The Morgan fingerprint density at radius 1 is 1.10 bits per heavy atom. The molecule has 0 aliphatic carbocycles. The van der Waals surface area contributed by atoms with Gasteiger partial charge in [0.25, 0.3) is 5.56 Å². The molecule has 3 aromatic rings. The third-order valence-corrected chi connectivity index (χ3v) is 5.44. The van der Waals surface area contributed by atoms with Crippen molar-refractivity contribution in [2.75, 3.05) is 30.0 Å². The van der Waals surface area contributed by atoms with Crippen molar-refractivity contribution >= 4 is 22.8 Å². The van der Waals surface area contributed by atoms with Crippen LogP contribution in [0.5, 0.6) is 5.75 Å². The third-order valence-electron chi connectivity index (χ3n) is 5.44. The normalized spacial score (nSPS) is 13.5. The van der Waals surface area contributed by atoms with Crippen molar-refractivity contribution in [2.24, 2.45) is 0 Å². The molecule has 0 unspecified atom stereocenters. The molecule has 1 N–H and O–H groups in total. The zero-order valence-corrected chi connectivity index (χ0v) is 17.8. The highest BCUT2D eigenvalue weighted by atomic mass is 16.5. The van der Waals surface area contributed by atoms with Crippen LogP contribution < -0.4 is 20.6 Å². The van der Waals surface area contributed by atoms with E-state index in [9.17, 15) is 9.59 Å². The van der Waals surface area contributed by atoms with Crippen molar-refractivity contribution in [3.8, 4) is 5.75 Å². The lowest BCUT2D eigenvalue weighted by atomic mass is 10.1. The minimum atomic E-state index is -0.265. The molecule has 1 fully saturated rings. The number of hydrogen-bond acceptors (Lipinski definition) is 5. The van der Waals surface area contributed by atoms with Crippen LogP contribution in [0, 0.1) is 0 Å². The van der Waals surface area contributed by atoms with Crippen LogP contribution in [0.1, 0.15) is 38.2 Å². The molecule has 0 saturated carbocycles. The van der Waals surface area contributed by atoms with Gasteiger partial charge >= 0.3 is 0 Å². The summed E-state index contributed by atoms with van der Waals surface area (Å²) in [7, 11) is 0. The second-order valence-electron chi connectivity index (χ2n) is 7.82. The molecule has 0 radical (unpaired) electrons. The molecule has 1 aliphatic rings. The molecule has 0 atom stereocenters. The average Bonchev–Trinajstić information content (AvgIpc) is 3.32. The van der Waals surface area contributed by atoms with Crippen molar-refractivity contribution in [1.29, 1.82) is 0 Å². The molecule has 1 aromatic heterocycles. The smallest absolute Gasteiger partial charge is 0.281 e. The van der Waals surface area contributed by atoms with Gasteiger partial charge in [0.1, 0.15) is 5.75 Å². The number of para-hydroxylation sites is 1. The Morgan fingerprint density at radius 2 is 1.84 bits per heavy atom. The Kier molecular flexibility index (Phi) is 6.50. The number of aromatic nitrogens is 2. The zero-order chi connectivity index (χ0) is 21.6. The zero-order valence-electron chi connectivity index (χ0n) is 17.8. The maximum Gasteiger partial charge on any atom is 0.281 e. The number of amides is 1. The highest BCUT2D eigenvalue weighted by molar-refractivity contribution is 5.87. The van der Waals surface area contributed by atoms with Gasteiger partial charge in [0.05, 0.1) is 23.9 Å². The summed E-state index contributed by atoms with van der Waals surface area (Å²) >= 11 is 0. The van der Waals surface area contributed by atoms with E-state index >= 15 is 0 Å². The number of carbonyl (C=O) groups is 1. The number of benzene rings is 2. The quantitative estimate of drug-likeness (QED) is 0.565. The minimum Gasteiger partial charge on any atom is -0.494 e. The maximum atomic E-state index is 13.1. The van der Waals surface area contributed by atoms with Crippen molar-refractivity contribution in [3.05, 3.63) is 64.4 Å². The van der Waals surface area contributed by atoms with Gasteiger partial charge in [-0.3, -0.25) is 15.0 Å². The topological polar surface area (TPSA) is 76.5 Å². The van der Waals surface area contributed by atoms with Crippen molar-refractivity contribution in [2.45, 2.75) is 39.0 Å². The predicted octanol–water partition coefficient (Wildman–Crippen LogP) is 3.49. The lowest BCUT2D eigenvalue weighted by Crippen LogP contribution is -2.39. The summed E-state index contributed by atoms with van der Waals surface area (Å²) in [5.41, 5.74) is 4.01. The molecule has 1 amide bonds. The van der Waals surface area contributed by atoms with Crippen LogP contribution >= 0.6 is 0 Å². The van der Waals surface area contributed by atoms with Crippen molar-refractivity contribution < 1.29 is 9.53 Å². The first kappa shape index (κ1) is 20.9. The molecule has 0 bridgehead atoms. The minimum absolute atomic E-state index is 0.161. The lowest BCUT2D eigenvalue weighted by Gasteiger charge is -2.22. The third kappa shape index (κ3) is 4.87. The van der Waals surface area contributed by atoms with Crippen molar-refractivity contribution in [1.82, 2.24) is 9.66 Å². The Balaban J connectivity index is 1.53. The number of nitrogens with zero attached hydrogens (tertiary/aromatic N) is 3. The predicted molar refractivity (Wildman–Crippen MR) is 122 cm³/mol.